The maximum Gasteiger partial charge on any atom is 0.227 e. The van der Waals surface area contributed by atoms with Crippen LogP contribution in [0.5, 0.6) is 28.7 Å². The van der Waals surface area contributed by atoms with E-state index >= 15 is 0 Å². The van der Waals surface area contributed by atoms with E-state index in [0.29, 0.717) is 43.6 Å². The third-order valence-electron chi connectivity index (χ3n) is 5.11. The van der Waals surface area contributed by atoms with E-state index < -0.39 is 0 Å². The molecular formula is C23H29NO7. The molecule has 0 aliphatic carbocycles. The van der Waals surface area contributed by atoms with Gasteiger partial charge in [-0.05, 0) is 30.3 Å². The summed E-state index contributed by atoms with van der Waals surface area (Å²) in [6, 6.07) is 11.0. The lowest BCUT2D eigenvalue weighted by molar-refractivity contribution is -0.139. The standard InChI is InChI=1S/C23H29NO7/c1-26-17-6-8-18(9-7-17)31-15-19-14-24(11-12-30-19)21(25)13-16-5-10-20(27-2)23(29-4)22(16)28-3/h5-10,19H,11-15H2,1-4H3/t19-/m1/s1. The Morgan fingerprint density at radius 1 is 0.935 bits per heavy atom. The molecule has 1 saturated heterocycles. The highest BCUT2D eigenvalue weighted by Crippen LogP contribution is 2.40. The Bertz CT molecular complexity index is 869. The number of amides is 1. The fourth-order valence-electron chi connectivity index (χ4n) is 3.48. The predicted octanol–water partition coefficient (Wildman–Crippen LogP) is 2.57. The molecule has 3 rings (SSSR count). The molecule has 2 aromatic rings. The van der Waals surface area contributed by atoms with Gasteiger partial charge in [-0.3, -0.25) is 4.79 Å². The molecule has 0 radical (unpaired) electrons. The van der Waals surface area contributed by atoms with Gasteiger partial charge in [0.1, 0.15) is 24.2 Å². The zero-order chi connectivity index (χ0) is 22.2. The number of hydrogen-bond donors (Lipinski definition) is 0. The van der Waals surface area contributed by atoms with E-state index in [-0.39, 0.29) is 18.4 Å². The summed E-state index contributed by atoms with van der Waals surface area (Å²) >= 11 is 0. The normalized spacial score (nSPS) is 15.9. The molecule has 2 aromatic carbocycles. The molecule has 8 heteroatoms. The van der Waals surface area contributed by atoms with E-state index in [1.807, 2.05) is 30.3 Å². The summed E-state index contributed by atoms with van der Waals surface area (Å²) in [5.41, 5.74) is 0.739. The Kier molecular flexibility index (Phi) is 7.83. The molecule has 0 spiro atoms. The van der Waals surface area contributed by atoms with Gasteiger partial charge in [-0.15, -0.1) is 0 Å². The number of rotatable bonds is 9. The van der Waals surface area contributed by atoms with Crippen LogP contribution in [0.2, 0.25) is 0 Å². The number of morpholine rings is 1. The van der Waals surface area contributed by atoms with Crippen LogP contribution in [0.1, 0.15) is 5.56 Å². The van der Waals surface area contributed by atoms with Crippen LogP contribution in [-0.2, 0) is 16.0 Å². The second kappa shape index (κ2) is 10.8. The number of carbonyl (C=O) groups is 1. The minimum atomic E-state index is -0.202. The molecular weight excluding hydrogens is 402 g/mol. The highest BCUT2D eigenvalue weighted by Gasteiger charge is 2.26. The Hall–Kier alpha value is -3.13. The van der Waals surface area contributed by atoms with Crippen LogP contribution >= 0.6 is 0 Å². The molecule has 0 aromatic heterocycles. The minimum absolute atomic E-state index is 0.0109. The fraction of sp³-hybridized carbons (Fsp3) is 0.435. The van der Waals surface area contributed by atoms with Crippen molar-refractivity contribution in [1.29, 1.82) is 0 Å². The number of methoxy groups -OCH3 is 4. The van der Waals surface area contributed by atoms with Gasteiger partial charge in [0.25, 0.3) is 0 Å². The first kappa shape index (κ1) is 22.6. The molecule has 8 nitrogen and oxygen atoms in total. The molecule has 0 bridgehead atoms. The average Bonchev–Trinajstić information content (AvgIpc) is 2.82. The average molecular weight is 431 g/mol. The first-order chi connectivity index (χ1) is 15.1. The summed E-state index contributed by atoms with van der Waals surface area (Å²) in [5, 5.41) is 0. The minimum Gasteiger partial charge on any atom is -0.497 e. The SMILES string of the molecule is COc1ccc(OC[C@H]2CN(C(=O)Cc3ccc(OC)c(OC)c3OC)CCO2)cc1. The number of nitrogens with zero attached hydrogens (tertiary/aromatic N) is 1. The molecule has 1 aliphatic rings. The van der Waals surface area contributed by atoms with Crippen LogP contribution in [0.25, 0.3) is 0 Å². The molecule has 1 fully saturated rings. The van der Waals surface area contributed by atoms with E-state index in [2.05, 4.69) is 0 Å². The van der Waals surface area contributed by atoms with Crippen molar-refractivity contribution in [2.45, 2.75) is 12.5 Å². The van der Waals surface area contributed by atoms with Gasteiger partial charge in [0, 0.05) is 12.1 Å². The second-order valence-electron chi connectivity index (χ2n) is 6.99. The summed E-state index contributed by atoms with van der Waals surface area (Å²) in [6.45, 7) is 1.82. The summed E-state index contributed by atoms with van der Waals surface area (Å²) in [7, 11) is 6.27. The van der Waals surface area contributed by atoms with Crippen molar-refractivity contribution >= 4 is 5.91 Å². The Balaban J connectivity index is 1.60. The van der Waals surface area contributed by atoms with Crippen molar-refractivity contribution in [2.24, 2.45) is 0 Å². The Labute approximate surface area is 182 Å². The molecule has 1 aliphatic heterocycles. The van der Waals surface area contributed by atoms with Gasteiger partial charge in [0.2, 0.25) is 11.7 Å². The van der Waals surface area contributed by atoms with Crippen LogP contribution in [0, 0.1) is 0 Å². The lowest BCUT2D eigenvalue weighted by Gasteiger charge is -2.33. The third kappa shape index (κ3) is 5.52. The van der Waals surface area contributed by atoms with Gasteiger partial charge in [0.05, 0.1) is 48.0 Å². The molecule has 1 atom stereocenters. The Morgan fingerprint density at radius 2 is 1.65 bits per heavy atom. The third-order valence-corrected chi connectivity index (χ3v) is 5.11. The van der Waals surface area contributed by atoms with Crippen LogP contribution < -0.4 is 23.7 Å². The fourth-order valence-corrected chi connectivity index (χ4v) is 3.48. The highest BCUT2D eigenvalue weighted by atomic mass is 16.5. The summed E-state index contributed by atoms with van der Waals surface area (Å²) in [4.78, 5) is 14.8. The quantitative estimate of drug-likeness (QED) is 0.604. The van der Waals surface area contributed by atoms with Crippen LogP contribution in [0.3, 0.4) is 0 Å². The first-order valence-electron chi connectivity index (χ1n) is 10.0. The number of carbonyl (C=O) groups excluding carboxylic acids is 1. The summed E-state index contributed by atoms with van der Waals surface area (Å²) < 4.78 is 33.0. The molecule has 0 N–H and O–H groups in total. The van der Waals surface area contributed by atoms with Crippen molar-refractivity contribution in [3.63, 3.8) is 0 Å². The lowest BCUT2D eigenvalue weighted by Crippen LogP contribution is -2.48. The van der Waals surface area contributed by atoms with Crippen LogP contribution in [0.4, 0.5) is 0 Å². The maximum absolute atomic E-state index is 13.0. The van der Waals surface area contributed by atoms with E-state index in [9.17, 15) is 4.79 Å². The van der Waals surface area contributed by atoms with Crippen molar-refractivity contribution in [2.75, 3.05) is 54.7 Å². The van der Waals surface area contributed by atoms with E-state index in [0.717, 1.165) is 17.1 Å². The van der Waals surface area contributed by atoms with Crippen molar-refractivity contribution in [3.8, 4) is 28.7 Å². The topological polar surface area (TPSA) is 75.7 Å². The summed E-state index contributed by atoms with van der Waals surface area (Å²) in [6.07, 6.45) is -0.0117. The van der Waals surface area contributed by atoms with Crippen molar-refractivity contribution in [1.82, 2.24) is 4.90 Å². The largest absolute Gasteiger partial charge is 0.497 e. The molecule has 31 heavy (non-hydrogen) atoms. The maximum atomic E-state index is 13.0. The monoisotopic (exact) mass is 431 g/mol. The zero-order valence-corrected chi connectivity index (χ0v) is 18.4. The van der Waals surface area contributed by atoms with E-state index in [1.54, 1.807) is 39.4 Å². The number of hydrogen-bond acceptors (Lipinski definition) is 7. The smallest absolute Gasteiger partial charge is 0.227 e. The van der Waals surface area contributed by atoms with Gasteiger partial charge in [0.15, 0.2) is 11.5 Å². The van der Waals surface area contributed by atoms with E-state index in [4.69, 9.17) is 28.4 Å². The molecule has 0 saturated carbocycles. The summed E-state index contributed by atoms with van der Waals surface area (Å²) in [5.74, 6) is 3.01. The van der Waals surface area contributed by atoms with E-state index in [1.165, 1.54) is 0 Å². The lowest BCUT2D eigenvalue weighted by atomic mass is 10.1. The number of benzene rings is 2. The first-order valence-corrected chi connectivity index (χ1v) is 10.0. The molecule has 1 heterocycles. The van der Waals surface area contributed by atoms with Crippen molar-refractivity contribution < 1.29 is 33.2 Å². The van der Waals surface area contributed by atoms with Gasteiger partial charge < -0.3 is 33.3 Å². The Morgan fingerprint density at radius 3 is 2.29 bits per heavy atom. The number of ether oxygens (including phenoxy) is 6. The van der Waals surface area contributed by atoms with Gasteiger partial charge in [-0.2, -0.15) is 0 Å². The molecule has 168 valence electrons. The molecule has 1 amide bonds. The van der Waals surface area contributed by atoms with Crippen molar-refractivity contribution in [3.05, 3.63) is 42.0 Å². The highest BCUT2D eigenvalue weighted by molar-refractivity contribution is 5.80. The van der Waals surface area contributed by atoms with Gasteiger partial charge in [-0.1, -0.05) is 6.07 Å². The predicted molar refractivity (Wildman–Crippen MR) is 115 cm³/mol. The molecule has 0 unspecified atom stereocenters. The van der Waals surface area contributed by atoms with Gasteiger partial charge in [-0.25, -0.2) is 0 Å². The second-order valence-corrected chi connectivity index (χ2v) is 6.99. The van der Waals surface area contributed by atoms with Crippen LogP contribution in [-0.4, -0.2) is 71.7 Å². The zero-order valence-electron chi connectivity index (χ0n) is 18.4. The van der Waals surface area contributed by atoms with Crippen LogP contribution in [0.15, 0.2) is 36.4 Å². The van der Waals surface area contributed by atoms with Gasteiger partial charge >= 0.3 is 0 Å².